The van der Waals surface area contributed by atoms with Crippen LogP contribution in [0, 0.1) is 13.8 Å². The lowest BCUT2D eigenvalue weighted by Gasteiger charge is -2.30. The van der Waals surface area contributed by atoms with Gasteiger partial charge in [0.15, 0.2) is 0 Å². The first-order valence-electron chi connectivity index (χ1n) is 5.70. The number of aliphatic hydroxyl groups excluding tert-OH is 1. The standard InChI is InChI=1S/C12H21N3O/c1-5-12(4,6-7-16)15-11-10(3)13-8-9(2)14-11/h8,16H,5-7H2,1-4H3,(H,14,15). The summed E-state index contributed by atoms with van der Waals surface area (Å²) in [5.74, 6) is 0.817. The SMILES string of the molecule is CCC(C)(CCO)Nc1nc(C)cnc1C. The van der Waals surface area contributed by atoms with Crippen LogP contribution < -0.4 is 5.32 Å². The van der Waals surface area contributed by atoms with Crippen molar-refractivity contribution in [3.05, 3.63) is 17.6 Å². The molecule has 1 atom stereocenters. The van der Waals surface area contributed by atoms with E-state index in [-0.39, 0.29) is 12.1 Å². The van der Waals surface area contributed by atoms with Gasteiger partial charge in [0.1, 0.15) is 5.82 Å². The zero-order chi connectivity index (χ0) is 12.2. The predicted octanol–water partition coefficient (Wildman–Crippen LogP) is 2.06. The second-order valence-electron chi connectivity index (χ2n) is 4.46. The van der Waals surface area contributed by atoms with Gasteiger partial charge in [-0.3, -0.25) is 4.98 Å². The molecule has 4 heteroatoms. The maximum atomic E-state index is 9.06. The number of nitrogens with one attached hydrogen (secondary N) is 1. The molecule has 0 amide bonds. The summed E-state index contributed by atoms with van der Waals surface area (Å²) in [6.07, 6.45) is 3.40. The molecule has 1 aromatic rings. The number of aliphatic hydroxyl groups is 1. The maximum absolute atomic E-state index is 9.06. The van der Waals surface area contributed by atoms with E-state index in [4.69, 9.17) is 5.11 Å². The van der Waals surface area contributed by atoms with Crippen molar-refractivity contribution in [2.24, 2.45) is 0 Å². The molecular formula is C12H21N3O. The molecule has 1 rings (SSSR count). The van der Waals surface area contributed by atoms with E-state index in [0.29, 0.717) is 6.42 Å². The molecule has 90 valence electrons. The van der Waals surface area contributed by atoms with Crippen LogP contribution in [0.2, 0.25) is 0 Å². The van der Waals surface area contributed by atoms with Crippen molar-refractivity contribution in [1.29, 1.82) is 0 Å². The lowest BCUT2D eigenvalue weighted by Crippen LogP contribution is -2.35. The van der Waals surface area contributed by atoms with Crippen molar-refractivity contribution in [2.75, 3.05) is 11.9 Å². The van der Waals surface area contributed by atoms with Gasteiger partial charge in [0.2, 0.25) is 0 Å². The number of anilines is 1. The minimum Gasteiger partial charge on any atom is -0.396 e. The summed E-state index contributed by atoms with van der Waals surface area (Å²) in [5.41, 5.74) is 1.67. The Morgan fingerprint density at radius 3 is 2.69 bits per heavy atom. The Bertz CT molecular complexity index is 354. The summed E-state index contributed by atoms with van der Waals surface area (Å²) >= 11 is 0. The third kappa shape index (κ3) is 3.17. The predicted molar refractivity (Wildman–Crippen MR) is 65.5 cm³/mol. The molecule has 1 unspecified atom stereocenters. The van der Waals surface area contributed by atoms with E-state index < -0.39 is 0 Å². The van der Waals surface area contributed by atoms with Crippen LogP contribution in [-0.4, -0.2) is 27.2 Å². The van der Waals surface area contributed by atoms with Crippen molar-refractivity contribution >= 4 is 5.82 Å². The molecular weight excluding hydrogens is 202 g/mol. The van der Waals surface area contributed by atoms with Gasteiger partial charge in [0.05, 0.1) is 11.4 Å². The van der Waals surface area contributed by atoms with Gasteiger partial charge in [0, 0.05) is 18.3 Å². The van der Waals surface area contributed by atoms with Gasteiger partial charge in [-0.1, -0.05) is 6.92 Å². The Balaban J connectivity index is 2.89. The number of aryl methyl sites for hydroxylation is 2. The smallest absolute Gasteiger partial charge is 0.148 e. The highest BCUT2D eigenvalue weighted by molar-refractivity contribution is 5.42. The van der Waals surface area contributed by atoms with E-state index in [1.54, 1.807) is 6.20 Å². The van der Waals surface area contributed by atoms with Crippen LogP contribution in [0.1, 0.15) is 38.1 Å². The van der Waals surface area contributed by atoms with Crippen molar-refractivity contribution < 1.29 is 5.11 Å². The van der Waals surface area contributed by atoms with Crippen molar-refractivity contribution in [1.82, 2.24) is 9.97 Å². The van der Waals surface area contributed by atoms with E-state index in [2.05, 4.69) is 29.1 Å². The summed E-state index contributed by atoms with van der Waals surface area (Å²) in [6, 6.07) is 0. The molecule has 0 aromatic carbocycles. The summed E-state index contributed by atoms with van der Waals surface area (Å²) in [6.45, 7) is 8.22. The van der Waals surface area contributed by atoms with Crippen LogP contribution >= 0.6 is 0 Å². The van der Waals surface area contributed by atoms with E-state index in [0.717, 1.165) is 23.6 Å². The lowest BCUT2D eigenvalue weighted by molar-refractivity contribution is 0.251. The Hall–Kier alpha value is -1.16. The summed E-state index contributed by atoms with van der Waals surface area (Å²) in [5, 5.41) is 12.4. The second kappa shape index (κ2) is 5.25. The third-order valence-corrected chi connectivity index (χ3v) is 2.94. The third-order valence-electron chi connectivity index (χ3n) is 2.94. The molecule has 4 nitrogen and oxygen atoms in total. The minimum atomic E-state index is -0.123. The first-order chi connectivity index (χ1) is 7.50. The van der Waals surface area contributed by atoms with Crippen LogP contribution in [0.4, 0.5) is 5.82 Å². The number of aromatic nitrogens is 2. The molecule has 1 heterocycles. The molecule has 0 aliphatic heterocycles. The minimum absolute atomic E-state index is 0.123. The number of hydrogen-bond donors (Lipinski definition) is 2. The van der Waals surface area contributed by atoms with Gasteiger partial charge in [-0.2, -0.15) is 0 Å². The van der Waals surface area contributed by atoms with E-state index >= 15 is 0 Å². The highest BCUT2D eigenvalue weighted by Gasteiger charge is 2.22. The van der Waals surface area contributed by atoms with Gasteiger partial charge in [0.25, 0.3) is 0 Å². The maximum Gasteiger partial charge on any atom is 0.148 e. The molecule has 0 saturated heterocycles. The van der Waals surface area contributed by atoms with Gasteiger partial charge in [-0.05, 0) is 33.6 Å². The number of rotatable bonds is 5. The van der Waals surface area contributed by atoms with Gasteiger partial charge >= 0.3 is 0 Å². The average Bonchev–Trinajstić information content (AvgIpc) is 2.24. The molecule has 0 saturated carbocycles. The van der Waals surface area contributed by atoms with E-state index in [9.17, 15) is 0 Å². The number of nitrogens with zero attached hydrogens (tertiary/aromatic N) is 2. The van der Waals surface area contributed by atoms with Crippen LogP contribution in [0.15, 0.2) is 6.20 Å². The lowest BCUT2D eigenvalue weighted by atomic mass is 9.95. The van der Waals surface area contributed by atoms with Crippen LogP contribution in [0.3, 0.4) is 0 Å². The fourth-order valence-corrected chi connectivity index (χ4v) is 1.52. The first kappa shape index (κ1) is 12.9. The fourth-order valence-electron chi connectivity index (χ4n) is 1.52. The molecule has 0 spiro atoms. The fraction of sp³-hybridized carbons (Fsp3) is 0.667. The quantitative estimate of drug-likeness (QED) is 0.802. The average molecular weight is 223 g/mol. The molecule has 2 N–H and O–H groups in total. The Morgan fingerprint density at radius 2 is 2.12 bits per heavy atom. The molecule has 0 aliphatic carbocycles. The topological polar surface area (TPSA) is 58.0 Å². The van der Waals surface area contributed by atoms with Crippen molar-refractivity contribution in [3.8, 4) is 0 Å². The largest absolute Gasteiger partial charge is 0.396 e. The van der Waals surface area contributed by atoms with Crippen molar-refractivity contribution in [3.63, 3.8) is 0 Å². The highest BCUT2D eigenvalue weighted by Crippen LogP contribution is 2.21. The Labute approximate surface area is 97.1 Å². The summed E-state index contributed by atoms with van der Waals surface area (Å²) < 4.78 is 0. The molecule has 16 heavy (non-hydrogen) atoms. The molecule has 0 fully saturated rings. The van der Waals surface area contributed by atoms with Gasteiger partial charge in [-0.25, -0.2) is 4.98 Å². The molecule has 0 radical (unpaired) electrons. The Kier molecular flexibility index (Phi) is 4.24. The monoisotopic (exact) mass is 223 g/mol. The van der Waals surface area contributed by atoms with Crippen molar-refractivity contribution in [2.45, 2.75) is 46.1 Å². The highest BCUT2D eigenvalue weighted by atomic mass is 16.3. The van der Waals surface area contributed by atoms with E-state index in [1.807, 2.05) is 13.8 Å². The second-order valence-corrected chi connectivity index (χ2v) is 4.46. The van der Waals surface area contributed by atoms with Crippen LogP contribution in [-0.2, 0) is 0 Å². The normalized spacial score (nSPS) is 14.6. The van der Waals surface area contributed by atoms with Crippen LogP contribution in [0.5, 0.6) is 0 Å². The van der Waals surface area contributed by atoms with Crippen LogP contribution in [0.25, 0.3) is 0 Å². The van der Waals surface area contributed by atoms with Gasteiger partial charge < -0.3 is 10.4 Å². The summed E-state index contributed by atoms with van der Waals surface area (Å²) in [7, 11) is 0. The zero-order valence-corrected chi connectivity index (χ0v) is 10.5. The molecule has 1 aromatic heterocycles. The number of hydrogen-bond acceptors (Lipinski definition) is 4. The summed E-state index contributed by atoms with van der Waals surface area (Å²) in [4.78, 5) is 8.70. The van der Waals surface area contributed by atoms with Gasteiger partial charge in [-0.15, -0.1) is 0 Å². The zero-order valence-electron chi connectivity index (χ0n) is 10.5. The first-order valence-corrected chi connectivity index (χ1v) is 5.70. The molecule has 0 aliphatic rings. The Morgan fingerprint density at radius 1 is 1.44 bits per heavy atom. The van der Waals surface area contributed by atoms with E-state index in [1.165, 1.54) is 0 Å². The molecule has 0 bridgehead atoms.